The zero-order valence-corrected chi connectivity index (χ0v) is 20.5. The number of hydrazone groups is 1. The molecular formula is C24H21F3N8O2S. The van der Waals surface area contributed by atoms with Gasteiger partial charge in [0, 0.05) is 12.5 Å². The molecule has 0 aliphatic carbocycles. The van der Waals surface area contributed by atoms with E-state index in [0.29, 0.717) is 22.9 Å². The van der Waals surface area contributed by atoms with Crippen molar-refractivity contribution in [1.29, 1.82) is 0 Å². The van der Waals surface area contributed by atoms with Crippen molar-refractivity contribution >= 4 is 58.9 Å². The number of hydrogen-bond acceptors (Lipinski definition) is 6. The predicted octanol–water partition coefficient (Wildman–Crippen LogP) is 4.32. The van der Waals surface area contributed by atoms with Crippen LogP contribution in [0.15, 0.2) is 81.8 Å². The van der Waals surface area contributed by atoms with Gasteiger partial charge in [-0.05, 0) is 54.2 Å². The van der Waals surface area contributed by atoms with E-state index < -0.39 is 6.36 Å². The van der Waals surface area contributed by atoms with Crippen LogP contribution in [0.2, 0.25) is 0 Å². The van der Waals surface area contributed by atoms with Crippen LogP contribution >= 0.6 is 12.2 Å². The molecule has 0 unspecified atom stereocenters. The highest BCUT2D eigenvalue weighted by molar-refractivity contribution is 7.80. The van der Waals surface area contributed by atoms with Gasteiger partial charge in [0.1, 0.15) is 29.6 Å². The third-order valence-corrected chi connectivity index (χ3v) is 4.55. The first kappa shape index (κ1) is 27.7. The highest BCUT2D eigenvalue weighted by atomic mass is 32.1. The maximum absolute atomic E-state index is 12.2. The molecule has 14 heteroatoms. The highest BCUT2D eigenvalue weighted by Crippen LogP contribution is 2.24. The number of amides is 1. The topological polar surface area (TPSA) is 138 Å². The van der Waals surface area contributed by atoms with Crippen molar-refractivity contribution in [2.75, 3.05) is 10.6 Å². The van der Waals surface area contributed by atoms with E-state index in [2.05, 4.69) is 40.9 Å². The summed E-state index contributed by atoms with van der Waals surface area (Å²) >= 11 is 5.18. The van der Waals surface area contributed by atoms with E-state index in [1.54, 1.807) is 48.7 Å². The SMILES string of the molecule is CC(=O)Nc1cccc(NC(=S)N/N=C/c2ccc(C(N)=NC=Nc3ccc(OC(F)(F)F)cc3)cc2)n1. The van der Waals surface area contributed by atoms with Gasteiger partial charge in [-0.2, -0.15) is 5.10 Å². The predicted molar refractivity (Wildman–Crippen MR) is 144 cm³/mol. The quantitative estimate of drug-likeness (QED) is 0.144. The Morgan fingerprint density at radius 1 is 1.03 bits per heavy atom. The number of aliphatic imine (C=N–C) groups is 2. The molecule has 1 amide bonds. The number of aromatic nitrogens is 1. The number of rotatable bonds is 8. The zero-order valence-electron chi connectivity index (χ0n) is 19.7. The first-order chi connectivity index (χ1) is 18.1. The van der Waals surface area contributed by atoms with Gasteiger partial charge in [-0.1, -0.05) is 30.3 Å². The van der Waals surface area contributed by atoms with Gasteiger partial charge >= 0.3 is 6.36 Å². The Bertz CT molecular complexity index is 1360. The summed E-state index contributed by atoms with van der Waals surface area (Å²) in [6.45, 7) is 1.39. The molecule has 0 fully saturated rings. The Kier molecular flexibility index (Phi) is 9.42. The van der Waals surface area contributed by atoms with E-state index >= 15 is 0 Å². The number of nitrogens with zero attached hydrogens (tertiary/aromatic N) is 4. The second-order valence-corrected chi connectivity index (χ2v) is 7.74. The van der Waals surface area contributed by atoms with Gasteiger partial charge in [-0.15, -0.1) is 13.2 Å². The lowest BCUT2D eigenvalue weighted by Gasteiger charge is -2.08. The number of hydrogen-bond donors (Lipinski definition) is 4. The second-order valence-electron chi connectivity index (χ2n) is 7.34. The van der Waals surface area contributed by atoms with Crippen LogP contribution in [0.1, 0.15) is 18.1 Å². The van der Waals surface area contributed by atoms with E-state index in [9.17, 15) is 18.0 Å². The lowest BCUT2D eigenvalue weighted by molar-refractivity contribution is -0.274. The molecule has 10 nitrogen and oxygen atoms in total. The molecule has 0 saturated heterocycles. The molecule has 1 aromatic heterocycles. The molecule has 5 N–H and O–H groups in total. The van der Waals surface area contributed by atoms with Crippen LogP contribution in [0.5, 0.6) is 5.75 Å². The molecule has 3 rings (SSSR count). The number of nitrogens with one attached hydrogen (secondary N) is 3. The normalized spacial score (nSPS) is 11.9. The fraction of sp³-hybridized carbons (Fsp3) is 0.0833. The summed E-state index contributed by atoms with van der Waals surface area (Å²) in [5.41, 5.74) is 10.4. The molecule has 0 atom stereocenters. The summed E-state index contributed by atoms with van der Waals surface area (Å²) in [6, 6.07) is 17.0. The molecule has 0 aliphatic heterocycles. The standard InChI is InChI=1S/C24H21F3N8O2S/c1-15(36)32-20-3-2-4-21(33-20)34-23(38)35-31-13-16-5-7-17(8-6-16)22(28)30-14-29-18-9-11-19(12-10-18)37-24(25,26)27/h2-14H,1H3,(H2,28,29,30)(H3,32,33,34,35,36,38)/b31-13+. The van der Waals surface area contributed by atoms with Crippen LogP contribution in [0, 0.1) is 0 Å². The van der Waals surface area contributed by atoms with Gasteiger partial charge in [-0.3, -0.25) is 10.2 Å². The van der Waals surface area contributed by atoms with Crippen LogP contribution in [0.25, 0.3) is 0 Å². The monoisotopic (exact) mass is 542 g/mol. The molecule has 1 heterocycles. The van der Waals surface area contributed by atoms with Gasteiger partial charge in [0.25, 0.3) is 0 Å². The van der Waals surface area contributed by atoms with Gasteiger partial charge in [0.2, 0.25) is 5.91 Å². The number of amidine groups is 1. The molecule has 196 valence electrons. The van der Waals surface area contributed by atoms with Crippen molar-refractivity contribution in [1.82, 2.24) is 10.4 Å². The van der Waals surface area contributed by atoms with Crippen molar-refractivity contribution in [3.05, 3.63) is 77.9 Å². The number of benzene rings is 2. The third kappa shape index (κ3) is 9.66. The Morgan fingerprint density at radius 3 is 2.32 bits per heavy atom. The Morgan fingerprint density at radius 2 is 1.68 bits per heavy atom. The first-order valence-electron chi connectivity index (χ1n) is 10.7. The van der Waals surface area contributed by atoms with Crippen LogP contribution in [0.4, 0.5) is 30.5 Å². The van der Waals surface area contributed by atoms with E-state index in [-0.39, 0.29) is 22.6 Å². The summed E-state index contributed by atoms with van der Waals surface area (Å²) in [4.78, 5) is 23.4. The minimum atomic E-state index is -4.76. The lowest BCUT2D eigenvalue weighted by atomic mass is 10.1. The van der Waals surface area contributed by atoms with Crippen molar-refractivity contribution in [3.63, 3.8) is 0 Å². The number of carbonyl (C=O) groups excluding carboxylic acids is 1. The summed E-state index contributed by atoms with van der Waals surface area (Å²) in [6.07, 6.45) is -2.02. The Balaban J connectivity index is 1.50. The summed E-state index contributed by atoms with van der Waals surface area (Å²) in [5.74, 6) is 0.420. The van der Waals surface area contributed by atoms with E-state index in [1.165, 1.54) is 25.4 Å². The average molecular weight is 543 g/mol. The number of ether oxygens (including phenoxy) is 1. The van der Waals surface area contributed by atoms with E-state index in [1.807, 2.05) is 0 Å². The minimum Gasteiger partial charge on any atom is -0.406 e. The number of alkyl halides is 3. The Hall–Kier alpha value is -4.85. The fourth-order valence-electron chi connectivity index (χ4n) is 2.77. The van der Waals surface area contributed by atoms with Gasteiger partial charge in [-0.25, -0.2) is 15.0 Å². The Labute approximate surface area is 220 Å². The van der Waals surface area contributed by atoms with E-state index in [4.69, 9.17) is 18.0 Å². The molecule has 3 aromatic rings. The molecular weight excluding hydrogens is 521 g/mol. The van der Waals surface area contributed by atoms with Crippen molar-refractivity contribution in [2.24, 2.45) is 20.8 Å². The number of anilines is 2. The summed E-state index contributed by atoms with van der Waals surface area (Å²) < 4.78 is 40.4. The van der Waals surface area contributed by atoms with Crippen LogP contribution in [-0.2, 0) is 4.79 Å². The molecule has 0 aliphatic rings. The fourth-order valence-corrected chi connectivity index (χ4v) is 2.93. The van der Waals surface area contributed by atoms with Crippen LogP contribution in [-0.4, -0.2) is 40.8 Å². The number of nitrogens with two attached hydrogens (primary N) is 1. The van der Waals surface area contributed by atoms with Crippen LogP contribution in [0.3, 0.4) is 0 Å². The maximum Gasteiger partial charge on any atom is 0.573 e. The number of thiocarbonyl (C=S) groups is 1. The van der Waals surface area contributed by atoms with Crippen molar-refractivity contribution < 1.29 is 22.7 Å². The highest BCUT2D eigenvalue weighted by Gasteiger charge is 2.30. The minimum absolute atomic E-state index is 0.187. The molecule has 0 spiro atoms. The van der Waals surface area contributed by atoms with Crippen molar-refractivity contribution in [3.8, 4) is 5.75 Å². The maximum atomic E-state index is 12.2. The molecule has 0 bridgehead atoms. The molecule has 0 saturated carbocycles. The van der Waals surface area contributed by atoms with Gasteiger partial charge in [0.15, 0.2) is 5.11 Å². The molecule has 0 radical (unpaired) electrons. The smallest absolute Gasteiger partial charge is 0.406 e. The molecule has 2 aromatic carbocycles. The average Bonchev–Trinajstić information content (AvgIpc) is 2.84. The molecule has 38 heavy (non-hydrogen) atoms. The first-order valence-corrected chi connectivity index (χ1v) is 11.1. The number of halogens is 3. The number of pyridine rings is 1. The number of carbonyl (C=O) groups is 1. The zero-order chi connectivity index (χ0) is 27.5. The summed E-state index contributed by atoms with van der Waals surface area (Å²) in [5, 5.41) is 9.70. The third-order valence-electron chi connectivity index (χ3n) is 4.35. The summed E-state index contributed by atoms with van der Waals surface area (Å²) in [7, 11) is 0. The second kappa shape index (κ2) is 12.9. The van der Waals surface area contributed by atoms with Gasteiger partial charge in [0.05, 0.1) is 11.9 Å². The lowest BCUT2D eigenvalue weighted by Crippen LogP contribution is -2.24. The van der Waals surface area contributed by atoms with Gasteiger partial charge < -0.3 is 21.1 Å². The largest absolute Gasteiger partial charge is 0.573 e. The van der Waals surface area contributed by atoms with E-state index in [0.717, 1.165) is 17.7 Å². The van der Waals surface area contributed by atoms with Crippen molar-refractivity contribution in [2.45, 2.75) is 13.3 Å². The van der Waals surface area contributed by atoms with Crippen LogP contribution < -0.4 is 26.5 Å².